The van der Waals surface area contributed by atoms with Crippen molar-refractivity contribution in [1.82, 2.24) is 10.2 Å². The standard InChI is InChI=1S/C28H30BrClN2O3/c1-4-31-28(34)25(16-21-9-6-5-7-10-21)32(17-22-11-8-12-23(30)15-22)26(33)18-35-24-13-19(2)27(29)20(3)14-24/h5-15,25H,4,16-18H2,1-3H3,(H,31,34). The first kappa shape index (κ1) is 26.8. The van der Waals surface area contributed by atoms with Crippen LogP contribution >= 0.6 is 27.5 Å². The van der Waals surface area contributed by atoms with E-state index in [1.807, 2.05) is 75.4 Å². The second kappa shape index (κ2) is 12.8. The number of carbonyl (C=O) groups is 2. The van der Waals surface area contributed by atoms with Crippen LogP contribution in [0, 0.1) is 13.8 Å². The first-order valence-electron chi connectivity index (χ1n) is 11.5. The molecule has 1 N–H and O–H groups in total. The third kappa shape index (κ3) is 7.58. The lowest BCUT2D eigenvalue weighted by atomic mass is 10.0. The largest absolute Gasteiger partial charge is 0.484 e. The highest BCUT2D eigenvalue weighted by Gasteiger charge is 2.30. The number of hydrogen-bond donors (Lipinski definition) is 1. The Morgan fingerprint density at radius 3 is 2.29 bits per heavy atom. The molecule has 0 saturated heterocycles. The second-order valence-electron chi connectivity index (χ2n) is 8.41. The second-order valence-corrected chi connectivity index (χ2v) is 9.64. The maximum atomic E-state index is 13.6. The van der Waals surface area contributed by atoms with Gasteiger partial charge in [-0.2, -0.15) is 0 Å². The number of ether oxygens (including phenoxy) is 1. The van der Waals surface area contributed by atoms with Crippen LogP contribution in [0.4, 0.5) is 0 Å². The van der Waals surface area contributed by atoms with E-state index in [-0.39, 0.29) is 25.0 Å². The van der Waals surface area contributed by atoms with Gasteiger partial charge < -0.3 is 15.0 Å². The topological polar surface area (TPSA) is 58.6 Å². The third-order valence-corrected chi connectivity index (χ3v) is 7.12. The maximum absolute atomic E-state index is 13.6. The van der Waals surface area contributed by atoms with Crippen molar-refractivity contribution >= 4 is 39.3 Å². The summed E-state index contributed by atoms with van der Waals surface area (Å²) in [6.07, 6.45) is 0.384. The quantitative estimate of drug-likeness (QED) is 0.339. The molecule has 1 atom stereocenters. The highest BCUT2D eigenvalue weighted by atomic mass is 79.9. The van der Waals surface area contributed by atoms with Crippen molar-refractivity contribution in [3.05, 3.63) is 98.5 Å². The van der Waals surface area contributed by atoms with E-state index in [0.717, 1.165) is 26.7 Å². The number of halogens is 2. The molecule has 0 aliphatic carbocycles. The lowest BCUT2D eigenvalue weighted by Gasteiger charge is -2.31. The molecule has 0 radical (unpaired) electrons. The van der Waals surface area contributed by atoms with E-state index in [4.69, 9.17) is 16.3 Å². The van der Waals surface area contributed by atoms with E-state index in [1.54, 1.807) is 17.0 Å². The van der Waals surface area contributed by atoms with Gasteiger partial charge in [0.1, 0.15) is 11.8 Å². The molecular formula is C28H30BrClN2O3. The molecule has 1 unspecified atom stereocenters. The minimum absolute atomic E-state index is 0.189. The lowest BCUT2D eigenvalue weighted by Crippen LogP contribution is -2.51. The summed E-state index contributed by atoms with van der Waals surface area (Å²) in [6.45, 7) is 6.32. The van der Waals surface area contributed by atoms with Gasteiger partial charge in [-0.25, -0.2) is 0 Å². The summed E-state index contributed by atoms with van der Waals surface area (Å²) in [5.41, 5.74) is 3.84. The van der Waals surface area contributed by atoms with Crippen LogP contribution in [0.2, 0.25) is 5.02 Å². The summed E-state index contributed by atoms with van der Waals surface area (Å²) in [6, 6.07) is 20.1. The third-order valence-electron chi connectivity index (χ3n) is 5.64. The van der Waals surface area contributed by atoms with Crippen molar-refractivity contribution in [2.45, 2.75) is 39.8 Å². The van der Waals surface area contributed by atoms with Gasteiger partial charge >= 0.3 is 0 Å². The molecule has 0 aliphatic heterocycles. The summed E-state index contributed by atoms with van der Waals surface area (Å²) in [5, 5.41) is 3.46. The van der Waals surface area contributed by atoms with Crippen molar-refractivity contribution in [3.63, 3.8) is 0 Å². The molecular weight excluding hydrogens is 528 g/mol. The molecule has 0 heterocycles. The van der Waals surface area contributed by atoms with Gasteiger partial charge in [-0.3, -0.25) is 9.59 Å². The Morgan fingerprint density at radius 2 is 1.66 bits per heavy atom. The molecule has 0 spiro atoms. The van der Waals surface area contributed by atoms with Crippen LogP contribution in [0.3, 0.4) is 0 Å². The summed E-state index contributed by atoms with van der Waals surface area (Å²) in [5.74, 6) is 0.120. The van der Waals surface area contributed by atoms with E-state index in [2.05, 4.69) is 21.2 Å². The highest BCUT2D eigenvalue weighted by Crippen LogP contribution is 2.26. The Hall–Kier alpha value is -2.83. The fourth-order valence-electron chi connectivity index (χ4n) is 3.90. The van der Waals surface area contributed by atoms with Crippen LogP contribution in [0.15, 0.2) is 71.2 Å². The molecule has 35 heavy (non-hydrogen) atoms. The number of benzene rings is 3. The fourth-order valence-corrected chi connectivity index (χ4v) is 4.34. The monoisotopic (exact) mass is 556 g/mol. The van der Waals surface area contributed by atoms with E-state index in [9.17, 15) is 9.59 Å². The van der Waals surface area contributed by atoms with Crippen molar-refractivity contribution in [3.8, 4) is 5.75 Å². The Bertz CT molecular complexity index is 1150. The maximum Gasteiger partial charge on any atom is 0.261 e. The van der Waals surface area contributed by atoms with Crippen LogP contribution < -0.4 is 10.1 Å². The van der Waals surface area contributed by atoms with Crippen LogP contribution in [-0.4, -0.2) is 35.9 Å². The average molecular weight is 558 g/mol. The fraction of sp³-hybridized carbons (Fsp3) is 0.286. The van der Waals surface area contributed by atoms with E-state index in [1.165, 1.54) is 0 Å². The lowest BCUT2D eigenvalue weighted by molar-refractivity contribution is -0.142. The molecule has 0 bridgehead atoms. The molecule has 184 valence electrons. The molecule has 3 aromatic rings. The zero-order valence-electron chi connectivity index (χ0n) is 20.2. The van der Waals surface area contributed by atoms with E-state index in [0.29, 0.717) is 23.7 Å². The molecule has 5 nitrogen and oxygen atoms in total. The summed E-state index contributed by atoms with van der Waals surface area (Å²) >= 11 is 9.76. The number of rotatable bonds is 10. The van der Waals surface area contributed by atoms with Gasteiger partial charge in [0.05, 0.1) is 0 Å². The van der Waals surface area contributed by atoms with Crippen LogP contribution in [-0.2, 0) is 22.6 Å². The van der Waals surface area contributed by atoms with Crippen LogP contribution in [0.25, 0.3) is 0 Å². The van der Waals surface area contributed by atoms with Crippen LogP contribution in [0.1, 0.15) is 29.2 Å². The molecule has 3 aromatic carbocycles. The number of likely N-dealkylation sites (N-methyl/N-ethyl adjacent to an activating group) is 1. The van der Waals surface area contributed by atoms with E-state index >= 15 is 0 Å². The number of carbonyl (C=O) groups excluding carboxylic acids is 2. The van der Waals surface area contributed by atoms with Gasteiger partial charge in [-0.05, 0) is 67.3 Å². The first-order valence-corrected chi connectivity index (χ1v) is 12.7. The molecule has 0 aromatic heterocycles. The number of nitrogens with zero attached hydrogens (tertiary/aromatic N) is 1. The van der Waals surface area contributed by atoms with Gasteiger partial charge in [-0.1, -0.05) is 70.0 Å². The molecule has 0 aliphatic rings. The first-order chi connectivity index (χ1) is 16.8. The van der Waals surface area contributed by atoms with Crippen LogP contribution in [0.5, 0.6) is 5.75 Å². The summed E-state index contributed by atoms with van der Waals surface area (Å²) in [7, 11) is 0. The molecule has 0 saturated carbocycles. The van der Waals surface area contributed by atoms with Crippen molar-refractivity contribution < 1.29 is 14.3 Å². The predicted molar refractivity (Wildman–Crippen MR) is 144 cm³/mol. The summed E-state index contributed by atoms with van der Waals surface area (Å²) < 4.78 is 6.91. The molecule has 0 fully saturated rings. The van der Waals surface area contributed by atoms with E-state index < -0.39 is 6.04 Å². The van der Waals surface area contributed by atoms with Gasteiger partial charge in [0, 0.05) is 29.0 Å². The number of nitrogens with one attached hydrogen (secondary N) is 1. The van der Waals surface area contributed by atoms with Gasteiger partial charge in [-0.15, -0.1) is 0 Å². The Balaban J connectivity index is 1.90. The van der Waals surface area contributed by atoms with Gasteiger partial charge in [0.2, 0.25) is 5.91 Å². The van der Waals surface area contributed by atoms with Crippen molar-refractivity contribution in [2.24, 2.45) is 0 Å². The number of amides is 2. The normalized spacial score (nSPS) is 11.6. The van der Waals surface area contributed by atoms with Gasteiger partial charge in [0.25, 0.3) is 5.91 Å². The minimum Gasteiger partial charge on any atom is -0.484 e. The Morgan fingerprint density at radius 1 is 1.00 bits per heavy atom. The molecule has 3 rings (SSSR count). The molecule has 2 amide bonds. The average Bonchev–Trinajstić information content (AvgIpc) is 2.84. The SMILES string of the molecule is CCNC(=O)C(Cc1ccccc1)N(Cc1cccc(Cl)c1)C(=O)COc1cc(C)c(Br)c(C)c1. The highest BCUT2D eigenvalue weighted by molar-refractivity contribution is 9.10. The van der Waals surface area contributed by atoms with Crippen molar-refractivity contribution in [2.75, 3.05) is 13.2 Å². The zero-order chi connectivity index (χ0) is 25.4. The Kier molecular flexibility index (Phi) is 9.75. The zero-order valence-corrected chi connectivity index (χ0v) is 22.5. The number of aryl methyl sites for hydroxylation is 2. The Labute approximate surface area is 220 Å². The smallest absolute Gasteiger partial charge is 0.261 e. The minimum atomic E-state index is -0.708. The number of hydrogen-bond acceptors (Lipinski definition) is 3. The molecule has 7 heteroatoms. The predicted octanol–water partition coefficient (Wildman–Crippen LogP) is 5.87. The van der Waals surface area contributed by atoms with Gasteiger partial charge in [0.15, 0.2) is 6.61 Å². The van der Waals surface area contributed by atoms with Crippen molar-refractivity contribution in [1.29, 1.82) is 0 Å². The summed E-state index contributed by atoms with van der Waals surface area (Å²) in [4.78, 5) is 28.3.